The molecule has 0 bridgehead atoms. The molecule has 0 N–H and O–H groups in total. The molecular formula is C26H28Cl3NO2. The molecule has 4 atom stereocenters. The number of halogens is 3. The van der Waals surface area contributed by atoms with E-state index in [9.17, 15) is 9.59 Å². The highest BCUT2D eigenvalue weighted by atomic mass is 35.5. The normalized spacial score (nSPS) is 25.3. The van der Waals surface area contributed by atoms with E-state index in [0.29, 0.717) is 34.0 Å². The molecule has 0 aromatic heterocycles. The van der Waals surface area contributed by atoms with Gasteiger partial charge < -0.3 is 0 Å². The number of benzene rings is 2. The fourth-order valence-corrected chi connectivity index (χ4v) is 6.11. The molecule has 1 saturated carbocycles. The Hall–Kier alpha value is -1.55. The summed E-state index contributed by atoms with van der Waals surface area (Å²) in [6, 6.07) is 13.5. The summed E-state index contributed by atoms with van der Waals surface area (Å²) in [5, 5.41) is 1.93. The molecule has 0 radical (unpaired) electrons. The Bertz CT molecular complexity index is 1000. The highest BCUT2D eigenvalue weighted by Crippen LogP contribution is 2.54. The molecule has 2 aromatic carbocycles. The maximum atomic E-state index is 13.3. The van der Waals surface area contributed by atoms with E-state index in [4.69, 9.17) is 34.8 Å². The quantitative estimate of drug-likeness (QED) is 0.437. The average molecular weight is 493 g/mol. The minimum atomic E-state index is -0.138. The number of imide groups is 1. The number of hydrogen-bond acceptors (Lipinski definition) is 2. The zero-order chi connectivity index (χ0) is 23.0. The molecule has 3 nitrogen and oxygen atoms in total. The Labute approximate surface area is 205 Å². The number of nitrogens with zero attached hydrogens (tertiary/aromatic N) is 1. The van der Waals surface area contributed by atoms with Crippen LogP contribution in [0.3, 0.4) is 0 Å². The van der Waals surface area contributed by atoms with Gasteiger partial charge in [0, 0.05) is 34.0 Å². The van der Waals surface area contributed by atoms with Gasteiger partial charge >= 0.3 is 0 Å². The minimum absolute atomic E-state index is 0.0108. The number of likely N-dealkylation sites (tertiary alicyclic amines) is 1. The molecule has 1 saturated heterocycles. The Morgan fingerprint density at radius 2 is 1.66 bits per heavy atom. The van der Waals surface area contributed by atoms with Crippen molar-refractivity contribution in [3.05, 3.63) is 68.7 Å². The van der Waals surface area contributed by atoms with Gasteiger partial charge in [0.1, 0.15) is 0 Å². The monoisotopic (exact) mass is 491 g/mol. The van der Waals surface area contributed by atoms with Crippen LogP contribution in [0.5, 0.6) is 0 Å². The number of fused-ring (bicyclic) bond motifs is 1. The van der Waals surface area contributed by atoms with Crippen molar-refractivity contribution >= 4 is 46.6 Å². The van der Waals surface area contributed by atoms with Crippen molar-refractivity contribution < 1.29 is 9.59 Å². The number of hydrogen-bond donors (Lipinski definition) is 0. The van der Waals surface area contributed by atoms with Crippen LogP contribution in [0.2, 0.25) is 15.1 Å². The van der Waals surface area contributed by atoms with E-state index in [1.165, 1.54) is 4.90 Å². The first-order valence-electron chi connectivity index (χ1n) is 11.3. The van der Waals surface area contributed by atoms with Crippen LogP contribution in [-0.4, -0.2) is 23.3 Å². The molecule has 1 aliphatic heterocycles. The van der Waals surface area contributed by atoms with E-state index in [0.717, 1.165) is 30.4 Å². The first-order valence-corrected chi connectivity index (χ1v) is 12.4. The molecule has 1 heterocycles. The molecule has 1 aliphatic carbocycles. The third-order valence-electron chi connectivity index (χ3n) is 7.03. The van der Waals surface area contributed by atoms with E-state index >= 15 is 0 Å². The summed E-state index contributed by atoms with van der Waals surface area (Å²) in [4.78, 5) is 27.7. The van der Waals surface area contributed by atoms with Gasteiger partial charge in [-0.2, -0.15) is 0 Å². The molecule has 0 spiro atoms. The Morgan fingerprint density at radius 3 is 2.31 bits per heavy atom. The van der Waals surface area contributed by atoms with Crippen LogP contribution in [0, 0.1) is 17.8 Å². The van der Waals surface area contributed by atoms with Gasteiger partial charge in [-0.05, 0) is 78.3 Å². The van der Waals surface area contributed by atoms with E-state index in [2.05, 4.69) is 13.8 Å². The molecule has 4 rings (SSSR count). The standard InChI is InChI=1S/C26H28Cl3NO2/c1-15(2)3-12-24(31)30-14-22-21(26(30)32)11-10-20(19-9-8-18(28)13-23(19)29)25(22)16-4-6-17(27)7-5-16/h4-9,13,15,20-22,25H,3,10-12,14H2,1-2H3/t20-,21+,22+,25-/m0/s1. The van der Waals surface area contributed by atoms with Crippen molar-refractivity contribution in [1.29, 1.82) is 0 Å². The van der Waals surface area contributed by atoms with Crippen LogP contribution in [0.15, 0.2) is 42.5 Å². The van der Waals surface area contributed by atoms with Gasteiger partial charge in [-0.15, -0.1) is 0 Å². The van der Waals surface area contributed by atoms with Crippen molar-refractivity contribution in [2.24, 2.45) is 17.8 Å². The van der Waals surface area contributed by atoms with Crippen molar-refractivity contribution in [2.45, 2.75) is 51.4 Å². The van der Waals surface area contributed by atoms with Gasteiger partial charge in [0.05, 0.1) is 0 Å². The average Bonchev–Trinajstić information content (AvgIpc) is 3.09. The summed E-state index contributed by atoms with van der Waals surface area (Å²) in [7, 11) is 0. The van der Waals surface area contributed by atoms with Crippen molar-refractivity contribution in [3.8, 4) is 0 Å². The van der Waals surface area contributed by atoms with E-state index in [1.807, 2.05) is 36.4 Å². The van der Waals surface area contributed by atoms with Crippen LogP contribution in [0.25, 0.3) is 0 Å². The number of carbonyl (C=O) groups excluding carboxylic acids is 2. The van der Waals surface area contributed by atoms with Gasteiger partial charge in [-0.25, -0.2) is 0 Å². The van der Waals surface area contributed by atoms with Gasteiger partial charge in [0.15, 0.2) is 0 Å². The molecular weight excluding hydrogens is 465 g/mol. The topological polar surface area (TPSA) is 37.4 Å². The van der Waals surface area contributed by atoms with E-state index in [1.54, 1.807) is 6.07 Å². The summed E-state index contributed by atoms with van der Waals surface area (Å²) < 4.78 is 0. The van der Waals surface area contributed by atoms with Gasteiger partial charge in [-0.3, -0.25) is 14.5 Å². The molecule has 0 unspecified atom stereocenters. The molecule has 2 fully saturated rings. The van der Waals surface area contributed by atoms with Crippen LogP contribution < -0.4 is 0 Å². The highest BCUT2D eigenvalue weighted by molar-refractivity contribution is 6.35. The summed E-state index contributed by atoms with van der Waals surface area (Å²) in [5.41, 5.74) is 2.18. The first kappa shape index (κ1) is 23.6. The molecule has 2 amide bonds. The zero-order valence-electron chi connectivity index (χ0n) is 18.4. The number of carbonyl (C=O) groups is 2. The van der Waals surface area contributed by atoms with Crippen molar-refractivity contribution in [1.82, 2.24) is 4.90 Å². The van der Waals surface area contributed by atoms with Crippen LogP contribution in [0.1, 0.15) is 62.5 Å². The summed E-state index contributed by atoms with van der Waals surface area (Å²) in [6.07, 6.45) is 2.79. The Kier molecular flexibility index (Phi) is 7.19. The smallest absolute Gasteiger partial charge is 0.232 e. The van der Waals surface area contributed by atoms with Gasteiger partial charge in [0.2, 0.25) is 11.8 Å². The maximum Gasteiger partial charge on any atom is 0.232 e. The van der Waals surface area contributed by atoms with Crippen molar-refractivity contribution in [2.75, 3.05) is 6.54 Å². The lowest BCUT2D eigenvalue weighted by Gasteiger charge is -2.39. The van der Waals surface area contributed by atoms with Crippen molar-refractivity contribution in [3.63, 3.8) is 0 Å². The summed E-state index contributed by atoms with van der Waals surface area (Å²) >= 11 is 18.9. The predicted octanol–water partition coefficient (Wildman–Crippen LogP) is 7.35. The van der Waals surface area contributed by atoms with E-state index in [-0.39, 0.29) is 35.5 Å². The minimum Gasteiger partial charge on any atom is -0.282 e. The lowest BCUT2D eigenvalue weighted by atomic mass is 9.63. The van der Waals surface area contributed by atoms with Crippen LogP contribution in [-0.2, 0) is 9.59 Å². The van der Waals surface area contributed by atoms with E-state index < -0.39 is 0 Å². The largest absolute Gasteiger partial charge is 0.282 e. The highest BCUT2D eigenvalue weighted by Gasteiger charge is 2.51. The first-order chi connectivity index (χ1) is 15.3. The third-order valence-corrected chi connectivity index (χ3v) is 7.84. The predicted molar refractivity (Wildman–Crippen MR) is 130 cm³/mol. The molecule has 6 heteroatoms. The zero-order valence-corrected chi connectivity index (χ0v) is 20.6. The number of amides is 2. The lowest BCUT2D eigenvalue weighted by molar-refractivity contribution is -0.143. The second kappa shape index (κ2) is 9.75. The molecule has 32 heavy (non-hydrogen) atoms. The maximum absolute atomic E-state index is 13.3. The number of rotatable bonds is 5. The second-order valence-electron chi connectivity index (χ2n) is 9.47. The van der Waals surface area contributed by atoms with Gasteiger partial charge in [0.25, 0.3) is 0 Å². The Morgan fingerprint density at radius 1 is 1.00 bits per heavy atom. The van der Waals surface area contributed by atoms with Crippen LogP contribution in [0.4, 0.5) is 0 Å². The van der Waals surface area contributed by atoms with Gasteiger partial charge in [-0.1, -0.05) is 66.8 Å². The SMILES string of the molecule is CC(C)CCC(=O)N1C[C@H]2[C@@H](c3ccc(Cl)cc3)[C@H](c3ccc(Cl)cc3Cl)CC[C@H]2C1=O. The fourth-order valence-electron chi connectivity index (χ4n) is 5.44. The summed E-state index contributed by atoms with van der Waals surface area (Å²) in [6.45, 7) is 4.65. The molecule has 2 aliphatic rings. The second-order valence-corrected chi connectivity index (χ2v) is 10.8. The molecule has 170 valence electrons. The fraction of sp³-hybridized carbons (Fsp3) is 0.462. The Balaban J connectivity index is 1.69. The van der Waals surface area contributed by atoms with Crippen LogP contribution >= 0.6 is 34.8 Å². The summed E-state index contributed by atoms with van der Waals surface area (Å²) in [5.74, 6) is 0.491. The lowest BCUT2D eigenvalue weighted by Crippen LogP contribution is -2.33. The third kappa shape index (κ3) is 4.71. The molecule has 2 aromatic rings.